The first-order valence-corrected chi connectivity index (χ1v) is 8.34. The second-order valence-corrected chi connectivity index (χ2v) is 6.78. The van der Waals surface area contributed by atoms with Crippen LogP contribution < -0.4 is 5.32 Å². The number of halogens is 2. The van der Waals surface area contributed by atoms with Gasteiger partial charge in [-0.25, -0.2) is 0 Å². The predicted molar refractivity (Wildman–Crippen MR) is 91.9 cm³/mol. The minimum atomic E-state index is 0.124. The Morgan fingerprint density at radius 3 is 2.75 bits per heavy atom. The molecule has 1 unspecified atom stereocenters. The normalized spacial score (nSPS) is 12.8. The molecule has 0 radical (unpaired) electrons. The van der Waals surface area contributed by atoms with Crippen molar-refractivity contribution in [3.63, 3.8) is 0 Å². The molecule has 0 aliphatic carbocycles. The van der Waals surface area contributed by atoms with Crippen molar-refractivity contribution >= 4 is 49.0 Å². The van der Waals surface area contributed by atoms with Crippen LogP contribution in [0.5, 0.6) is 0 Å². The molecule has 0 amide bonds. The fourth-order valence-electron chi connectivity index (χ4n) is 2.44. The molecule has 0 aliphatic rings. The van der Waals surface area contributed by atoms with Gasteiger partial charge in [0.05, 0.1) is 6.04 Å². The first-order valence-electron chi connectivity index (χ1n) is 6.29. The van der Waals surface area contributed by atoms with Gasteiger partial charge in [0, 0.05) is 14.2 Å². The second-order valence-electron chi connectivity index (χ2n) is 4.57. The molecule has 1 heterocycles. The van der Waals surface area contributed by atoms with Gasteiger partial charge in [-0.3, -0.25) is 0 Å². The zero-order valence-corrected chi connectivity index (χ0v) is 14.0. The summed E-state index contributed by atoms with van der Waals surface area (Å²) < 4.78 is 2.37. The maximum Gasteiger partial charge on any atom is 0.0600 e. The maximum absolute atomic E-state index is 6.15. The van der Waals surface area contributed by atoms with Crippen LogP contribution in [0.2, 0.25) is 5.02 Å². The molecule has 20 heavy (non-hydrogen) atoms. The van der Waals surface area contributed by atoms with Crippen LogP contribution in [0.3, 0.4) is 0 Å². The average molecular weight is 367 g/mol. The summed E-state index contributed by atoms with van der Waals surface area (Å²) in [5, 5.41) is 7.67. The van der Waals surface area contributed by atoms with Crippen LogP contribution in [0.1, 0.15) is 17.2 Å². The number of thiophene rings is 1. The van der Waals surface area contributed by atoms with Gasteiger partial charge in [0.25, 0.3) is 0 Å². The van der Waals surface area contributed by atoms with Crippen LogP contribution in [-0.2, 0) is 0 Å². The van der Waals surface area contributed by atoms with E-state index < -0.39 is 0 Å². The van der Waals surface area contributed by atoms with Gasteiger partial charge in [0.1, 0.15) is 0 Å². The van der Waals surface area contributed by atoms with Crippen molar-refractivity contribution < 1.29 is 0 Å². The highest BCUT2D eigenvalue weighted by atomic mass is 79.9. The Balaban J connectivity index is 2.16. The van der Waals surface area contributed by atoms with Gasteiger partial charge in [0.15, 0.2) is 0 Å². The number of hydrogen-bond donors (Lipinski definition) is 1. The second kappa shape index (κ2) is 5.86. The van der Waals surface area contributed by atoms with Gasteiger partial charge in [-0.1, -0.05) is 45.7 Å². The van der Waals surface area contributed by atoms with E-state index in [0.29, 0.717) is 0 Å². The Labute approximate surface area is 135 Å². The number of nitrogens with one attached hydrogen (secondary N) is 1. The summed E-state index contributed by atoms with van der Waals surface area (Å²) >= 11 is 11.6. The van der Waals surface area contributed by atoms with E-state index in [2.05, 4.69) is 50.9 Å². The molecular weight excluding hydrogens is 354 g/mol. The third-order valence-corrected chi connectivity index (χ3v) is 5.32. The molecule has 0 saturated carbocycles. The first-order chi connectivity index (χ1) is 9.70. The summed E-state index contributed by atoms with van der Waals surface area (Å²) in [6, 6.07) is 14.5. The minimum absolute atomic E-state index is 0.124. The van der Waals surface area contributed by atoms with Crippen LogP contribution in [0, 0.1) is 0 Å². The summed E-state index contributed by atoms with van der Waals surface area (Å²) in [5.41, 5.74) is 2.44. The standard InChI is InChI=1S/C16H13BrClNS/c1-19-16(12-8-10(18)6-7-14(12)17)13-9-20-15-5-3-2-4-11(13)15/h2-9,16,19H,1H3. The van der Waals surface area contributed by atoms with E-state index in [-0.39, 0.29) is 6.04 Å². The monoisotopic (exact) mass is 365 g/mol. The van der Waals surface area contributed by atoms with Crippen molar-refractivity contribution in [3.8, 4) is 0 Å². The largest absolute Gasteiger partial charge is 0.309 e. The lowest BCUT2D eigenvalue weighted by atomic mass is 9.98. The van der Waals surface area contributed by atoms with E-state index in [0.717, 1.165) is 15.1 Å². The number of fused-ring (bicyclic) bond motifs is 1. The molecule has 102 valence electrons. The van der Waals surface area contributed by atoms with Crippen molar-refractivity contribution in [2.24, 2.45) is 0 Å². The summed E-state index contributed by atoms with van der Waals surface area (Å²) in [4.78, 5) is 0. The Morgan fingerprint density at radius 2 is 1.95 bits per heavy atom. The Kier molecular flexibility index (Phi) is 4.13. The average Bonchev–Trinajstić information content (AvgIpc) is 2.88. The van der Waals surface area contributed by atoms with Crippen LogP contribution in [0.25, 0.3) is 10.1 Å². The lowest BCUT2D eigenvalue weighted by molar-refractivity contribution is 0.696. The SMILES string of the molecule is CNC(c1cc(Cl)ccc1Br)c1csc2ccccc12. The lowest BCUT2D eigenvalue weighted by Crippen LogP contribution is -2.17. The third-order valence-electron chi connectivity index (χ3n) is 3.38. The summed E-state index contributed by atoms with van der Waals surface area (Å²) in [6.07, 6.45) is 0. The molecule has 3 rings (SSSR count). The highest BCUT2D eigenvalue weighted by molar-refractivity contribution is 9.10. The molecule has 1 atom stereocenters. The van der Waals surface area contributed by atoms with Gasteiger partial charge >= 0.3 is 0 Å². The van der Waals surface area contributed by atoms with Crippen molar-refractivity contribution in [1.82, 2.24) is 5.32 Å². The molecule has 2 aromatic carbocycles. The van der Waals surface area contributed by atoms with E-state index in [1.54, 1.807) is 11.3 Å². The lowest BCUT2D eigenvalue weighted by Gasteiger charge is -2.18. The molecule has 0 spiro atoms. The highest BCUT2D eigenvalue weighted by Gasteiger charge is 2.18. The summed E-state index contributed by atoms with van der Waals surface area (Å²) in [6.45, 7) is 0. The molecule has 0 saturated heterocycles. The van der Waals surface area contributed by atoms with Crippen LogP contribution >= 0.6 is 38.9 Å². The van der Waals surface area contributed by atoms with Crippen molar-refractivity contribution in [3.05, 3.63) is 68.5 Å². The number of benzene rings is 2. The van der Waals surface area contributed by atoms with E-state index in [1.807, 2.05) is 25.2 Å². The zero-order chi connectivity index (χ0) is 14.1. The maximum atomic E-state index is 6.15. The molecule has 3 aromatic rings. The quantitative estimate of drug-likeness (QED) is 0.634. The molecule has 4 heteroatoms. The summed E-state index contributed by atoms with van der Waals surface area (Å²) in [5.74, 6) is 0. The number of hydrogen-bond acceptors (Lipinski definition) is 2. The van der Waals surface area contributed by atoms with Crippen LogP contribution in [-0.4, -0.2) is 7.05 Å². The molecule has 0 fully saturated rings. The Morgan fingerprint density at radius 1 is 1.15 bits per heavy atom. The van der Waals surface area contributed by atoms with Crippen LogP contribution in [0.15, 0.2) is 52.3 Å². The number of rotatable bonds is 3. The third kappa shape index (κ3) is 2.51. The molecule has 1 aromatic heterocycles. The smallest absolute Gasteiger partial charge is 0.0600 e. The van der Waals surface area contributed by atoms with Crippen molar-refractivity contribution in [1.29, 1.82) is 0 Å². The van der Waals surface area contributed by atoms with Gasteiger partial charge in [0.2, 0.25) is 0 Å². The molecule has 1 nitrogen and oxygen atoms in total. The minimum Gasteiger partial charge on any atom is -0.309 e. The molecule has 0 bridgehead atoms. The molecular formula is C16H13BrClNS. The van der Waals surface area contributed by atoms with Gasteiger partial charge < -0.3 is 5.32 Å². The van der Waals surface area contributed by atoms with E-state index in [4.69, 9.17) is 11.6 Å². The fraction of sp³-hybridized carbons (Fsp3) is 0.125. The van der Waals surface area contributed by atoms with Crippen molar-refractivity contribution in [2.45, 2.75) is 6.04 Å². The Bertz CT molecular complexity index is 753. The van der Waals surface area contributed by atoms with E-state index >= 15 is 0 Å². The van der Waals surface area contributed by atoms with E-state index in [9.17, 15) is 0 Å². The fourth-order valence-corrected chi connectivity index (χ4v) is 4.08. The van der Waals surface area contributed by atoms with Crippen molar-refractivity contribution in [2.75, 3.05) is 7.05 Å². The van der Waals surface area contributed by atoms with Gasteiger partial charge in [-0.15, -0.1) is 11.3 Å². The topological polar surface area (TPSA) is 12.0 Å². The summed E-state index contributed by atoms with van der Waals surface area (Å²) in [7, 11) is 1.98. The Hall–Kier alpha value is -0.870. The predicted octanol–water partition coefficient (Wildman–Crippen LogP) is 5.63. The molecule has 0 aliphatic heterocycles. The van der Waals surface area contributed by atoms with Crippen LogP contribution in [0.4, 0.5) is 0 Å². The zero-order valence-electron chi connectivity index (χ0n) is 10.9. The van der Waals surface area contributed by atoms with E-state index in [1.165, 1.54) is 15.6 Å². The highest BCUT2D eigenvalue weighted by Crippen LogP contribution is 2.36. The molecule has 1 N–H and O–H groups in total. The van der Waals surface area contributed by atoms with Gasteiger partial charge in [-0.2, -0.15) is 0 Å². The van der Waals surface area contributed by atoms with Gasteiger partial charge in [-0.05, 0) is 53.2 Å². The first kappa shape index (κ1) is 14.1.